The molecule has 0 saturated heterocycles. The van der Waals surface area contributed by atoms with Gasteiger partial charge in [-0.25, -0.2) is 8.42 Å². The van der Waals surface area contributed by atoms with Crippen LogP contribution in [0.2, 0.25) is 0 Å². The van der Waals surface area contributed by atoms with Crippen LogP contribution in [0, 0.1) is 0 Å². The van der Waals surface area contributed by atoms with Crippen LogP contribution in [0.3, 0.4) is 0 Å². The molecule has 0 aromatic heterocycles. The molecule has 1 amide bonds. The zero-order chi connectivity index (χ0) is 24.3. The standard InChI is InChI=1S/C26H29N3O4S/c1-28(2)25(20-11-13-22(33-3)14-12-20)18-27-26(30)21-8-6-9-23(17-21)34(31,32)29-16-15-19-7-4-5-10-24(19)29/h4-14,17,25H,15-16,18H2,1-3H3,(H,27,30)/t25-/m0/s1. The molecule has 1 atom stereocenters. The van der Waals surface area contributed by atoms with Gasteiger partial charge < -0.3 is 15.0 Å². The van der Waals surface area contributed by atoms with Gasteiger partial charge in [-0.05, 0) is 68.0 Å². The molecule has 7 nitrogen and oxygen atoms in total. The minimum absolute atomic E-state index is 0.0529. The smallest absolute Gasteiger partial charge is 0.264 e. The number of fused-ring (bicyclic) bond motifs is 1. The van der Waals surface area contributed by atoms with Gasteiger partial charge >= 0.3 is 0 Å². The lowest BCUT2D eigenvalue weighted by molar-refractivity contribution is 0.0941. The van der Waals surface area contributed by atoms with Crippen LogP contribution in [0.4, 0.5) is 5.69 Å². The van der Waals surface area contributed by atoms with Crippen LogP contribution in [0.1, 0.15) is 27.5 Å². The highest BCUT2D eigenvalue weighted by molar-refractivity contribution is 7.92. The van der Waals surface area contributed by atoms with Gasteiger partial charge in [-0.15, -0.1) is 0 Å². The van der Waals surface area contributed by atoms with E-state index in [0.29, 0.717) is 30.8 Å². The molecule has 0 radical (unpaired) electrons. The molecule has 0 aliphatic carbocycles. The number of likely N-dealkylation sites (N-methyl/N-ethyl adjacent to an activating group) is 1. The van der Waals surface area contributed by atoms with Crippen molar-refractivity contribution < 1.29 is 17.9 Å². The molecular weight excluding hydrogens is 450 g/mol. The van der Waals surface area contributed by atoms with Gasteiger partial charge in [-0.1, -0.05) is 36.4 Å². The van der Waals surface area contributed by atoms with Gasteiger partial charge in [0.1, 0.15) is 5.75 Å². The molecule has 0 unspecified atom stereocenters. The third-order valence-corrected chi connectivity index (χ3v) is 7.92. The summed E-state index contributed by atoms with van der Waals surface area (Å²) in [5.41, 5.74) is 3.05. The average Bonchev–Trinajstić information content (AvgIpc) is 3.29. The number of methoxy groups -OCH3 is 1. The largest absolute Gasteiger partial charge is 0.497 e. The maximum Gasteiger partial charge on any atom is 0.264 e. The van der Waals surface area contributed by atoms with Crippen LogP contribution in [-0.4, -0.2) is 53.5 Å². The first-order valence-electron chi connectivity index (χ1n) is 11.1. The number of hydrogen-bond donors (Lipinski definition) is 1. The third-order valence-electron chi connectivity index (χ3n) is 6.11. The summed E-state index contributed by atoms with van der Waals surface area (Å²) in [5, 5.41) is 2.95. The molecule has 1 heterocycles. The minimum Gasteiger partial charge on any atom is -0.497 e. The number of nitrogens with zero attached hydrogens (tertiary/aromatic N) is 2. The Labute approximate surface area is 201 Å². The van der Waals surface area contributed by atoms with Crippen LogP contribution in [0.15, 0.2) is 77.7 Å². The van der Waals surface area contributed by atoms with E-state index >= 15 is 0 Å². The number of nitrogens with one attached hydrogen (secondary N) is 1. The lowest BCUT2D eigenvalue weighted by Gasteiger charge is -2.25. The Bertz CT molecular complexity index is 1270. The first-order chi connectivity index (χ1) is 16.3. The first-order valence-corrected chi connectivity index (χ1v) is 12.5. The van der Waals surface area contributed by atoms with Gasteiger partial charge in [0, 0.05) is 18.7 Å². The average molecular weight is 480 g/mol. The number of carbonyl (C=O) groups is 1. The molecular formula is C26H29N3O4S. The van der Waals surface area contributed by atoms with E-state index in [1.54, 1.807) is 19.2 Å². The molecule has 0 saturated carbocycles. The zero-order valence-electron chi connectivity index (χ0n) is 19.6. The van der Waals surface area contributed by atoms with E-state index in [9.17, 15) is 13.2 Å². The molecule has 0 fully saturated rings. The number of ether oxygens (including phenoxy) is 1. The van der Waals surface area contributed by atoms with E-state index in [0.717, 1.165) is 16.9 Å². The number of sulfonamides is 1. The van der Waals surface area contributed by atoms with Crippen LogP contribution >= 0.6 is 0 Å². The summed E-state index contributed by atoms with van der Waals surface area (Å²) in [5.74, 6) is 0.447. The summed E-state index contributed by atoms with van der Waals surface area (Å²) in [6, 6.07) is 21.4. The SMILES string of the molecule is COc1ccc([C@H](CNC(=O)c2cccc(S(=O)(=O)N3CCc4ccccc43)c2)N(C)C)cc1. The highest BCUT2D eigenvalue weighted by Crippen LogP contribution is 2.32. The predicted molar refractivity (Wildman–Crippen MR) is 133 cm³/mol. The number of anilines is 1. The highest BCUT2D eigenvalue weighted by Gasteiger charge is 2.31. The fourth-order valence-corrected chi connectivity index (χ4v) is 5.75. The molecule has 34 heavy (non-hydrogen) atoms. The summed E-state index contributed by atoms with van der Waals surface area (Å²) in [7, 11) is 1.74. The highest BCUT2D eigenvalue weighted by atomic mass is 32.2. The first kappa shape index (κ1) is 23.8. The Morgan fingerprint density at radius 3 is 2.50 bits per heavy atom. The maximum atomic E-state index is 13.3. The normalized spacial score (nSPS) is 14.1. The van der Waals surface area contributed by atoms with Crippen molar-refractivity contribution in [1.29, 1.82) is 0 Å². The van der Waals surface area contributed by atoms with Crippen LogP contribution < -0.4 is 14.4 Å². The molecule has 3 aromatic carbocycles. The van der Waals surface area contributed by atoms with Gasteiger partial charge in [0.15, 0.2) is 0 Å². The zero-order valence-corrected chi connectivity index (χ0v) is 20.4. The third kappa shape index (κ3) is 4.78. The van der Waals surface area contributed by atoms with Crippen molar-refractivity contribution in [2.75, 3.05) is 38.6 Å². The van der Waals surface area contributed by atoms with E-state index in [1.807, 2.05) is 67.5 Å². The van der Waals surface area contributed by atoms with E-state index in [1.165, 1.54) is 16.4 Å². The molecule has 1 aliphatic rings. The second-order valence-corrected chi connectivity index (χ2v) is 10.3. The fourth-order valence-electron chi connectivity index (χ4n) is 4.20. The molecule has 178 valence electrons. The molecule has 4 rings (SSSR count). The summed E-state index contributed by atoms with van der Waals surface area (Å²) in [6.07, 6.45) is 0.673. The molecule has 8 heteroatoms. The second-order valence-electron chi connectivity index (χ2n) is 8.45. The van der Waals surface area contributed by atoms with E-state index in [4.69, 9.17) is 4.74 Å². The minimum atomic E-state index is -3.77. The second kappa shape index (κ2) is 9.87. The van der Waals surface area contributed by atoms with Crippen LogP contribution in [0.25, 0.3) is 0 Å². The Morgan fingerprint density at radius 2 is 1.79 bits per heavy atom. The molecule has 3 aromatic rings. The van der Waals surface area contributed by atoms with Crippen LogP contribution in [0.5, 0.6) is 5.75 Å². The molecule has 1 N–H and O–H groups in total. The molecule has 0 bridgehead atoms. The monoisotopic (exact) mass is 479 g/mol. The van der Waals surface area contributed by atoms with E-state index in [2.05, 4.69) is 5.32 Å². The number of amides is 1. The van der Waals surface area contributed by atoms with Gasteiger partial charge in [0.05, 0.1) is 23.7 Å². The van der Waals surface area contributed by atoms with Gasteiger partial charge in [-0.2, -0.15) is 0 Å². The van der Waals surface area contributed by atoms with Gasteiger partial charge in [0.25, 0.3) is 15.9 Å². The van der Waals surface area contributed by atoms with Crippen molar-refractivity contribution in [1.82, 2.24) is 10.2 Å². The summed E-state index contributed by atoms with van der Waals surface area (Å²) >= 11 is 0. The van der Waals surface area contributed by atoms with E-state index < -0.39 is 10.0 Å². The number of benzene rings is 3. The summed E-state index contributed by atoms with van der Waals surface area (Å²) in [6.45, 7) is 0.763. The number of rotatable bonds is 8. The summed E-state index contributed by atoms with van der Waals surface area (Å²) < 4.78 is 33.3. The lowest BCUT2D eigenvalue weighted by atomic mass is 10.1. The van der Waals surface area contributed by atoms with Crippen molar-refractivity contribution in [2.24, 2.45) is 0 Å². The fraction of sp³-hybridized carbons (Fsp3) is 0.269. The Kier molecular flexibility index (Phi) is 6.90. The molecule has 1 aliphatic heterocycles. The van der Waals surface area contributed by atoms with Gasteiger partial charge in [-0.3, -0.25) is 9.10 Å². The Hall–Kier alpha value is -3.36. The number of carbonyl (C=O) groups excluding carboxylic acids is 1. The maximum absolute atomic E-state index is 13.3. The van der Waals surface area contributed by atoms with Crippen molar-refractivity contribution in [3.05, 3.63) is 89.5 Å². The lowest BCUT2D eigenvalue weighted by Crippen LogP contribution is -2.34. The van der Waals surface area contributed by atoms with E-state index in [-0.39, 0.29) is 16.8 Å². The van der Waals surface area contributed by atoms with Crippen molar-refractivity contribution in [3.8, 4) is 5.75 Å². The van der Waals surface area contributed by atoms with Crippen molar-refractivity contribution in [3.63, 3.8) is 0 Å². The number of para-hydroxylation sites is 1. The topological polar surface area (TPSA) is 78.9 Å². The number of hydrogen-bond acceptors (Lipinski definition) is 5. The molecule has 0 spiro atoms. The van der Waals surface area contributed by atoms with Gasteiger partial charge in [0.2, 0.25) is 0 Å². The van der Waals surface area contributed by atoms with Crippen LogP contribution in [-0.2, 0) is 16.4 Å². The van der Waals surface area contributed by atoms with Crippen molar-refractivity contribution in [2.45, 2.75) is 17.4 Å². The Balaban J connectivity index is 1.50. The Morgan fingerprint density at radius 1 is 1.06 bits per heavy atom. The predicted octanol–water partition coefficient (Wildman–Crippen LogP) is 3.48. The summed E-state index contributed by atoms with van der Waals surface area (Å²) in [4.78, 5) is 15.1. The quantitative estimate of drug-likeness (QED) is 0.535. The van der Waals surface area contributed by atoms with Crippen molar-refractivity contribution >= 4 is 21.6 Å².